The lowest BCUT2D eigenvalue weighted by molar-refractivity contribution is 0.105. The zero-order valence-electron chi connectivity index (χ0n) is 14.0. The molecule has 128 valence electrons. The van der Waals surface area contributed by atoms with Gasteiger partial charge in [0.25, 0.3) is 0 Å². The number of ketones is 1. The Morgan fingerprint density at radius 3 is 2.71 bits per heavy atom. The molecule has 5 heteroatoms. The lowest BCUT2D eigenvalue weighted by Crippen LogP contribution is -2.11. The molecule has 1 atom stereocenters. The first-order chi connectivity index (χ1) is 11.6. The molecular weight excluding hydrogens is 343 g/mol. The second-order valence-corrected chi connectivity index (χ2v) is 6.63. The molecule has 0 aliphatic carbocycles. The van der Waals surface area contributed by atoms with Gasteiger partial charge in [-0.15, -0.1) is 0 Å². The molecule has 1 unspecified atom stereocenters. The van der Waals surface area contributed by atoms with E-state index in [1.165, 1.54) is 0 Å². The highest BCUT2D eigenvalue weighted by atomic mass is 35.5. The predicted octanol–water partition coefficient (Wildman–Crippen LogP) is 6.13. The van der Waals surface area contributed by atoms with E-state index in [1.54, 1.807) is 41.5 Å². The van der Waals surface area contributed by atoms with Crippen LogP contribution in [0.3, 0.4) is 0 Å². The second kappa shape index (κ2) is 9.05. The third-order valence-corrected chi connectivity index (χ3v) is 4.59. The van der Waals surface area contributed by atoms with E-state index in [0.29, 0.717) is 27.2 Å². The molecule has 3 nitrogen and oxygen atoms in total. The SMILES string of the molecule is CCCCC(/C=C(/C(=O)c1ccc(Cl)cc1Cl)n1ccnc1)CC. The van der Waals surface area contributed by atoms with Gasteiger partial charge in [-0.2, -0.15) is 0 Å². The van der Waals surface area contributed by atoms with Gasteiger partial charge in [0.15, 0.2) is 0 Å². The minimum Gasteiger partial charge on any atom is -0.303 e. The first-order valence-electron chi connectivity index (χ1n) is 8.26. The molecule has 1 heterocycles. The van der Waals surface area contributed by atoms with Gasteiger partial charge in [-0.1, -0.05) is 56.0 Å². The van der Waals surface area contributed by atoms with Crippen molar-refractivity contribution in [3.05, 3.63) is 58.6 Å². The summed E-state index contributed by atoms with van der Waals surface area (Å²) in [6.07, 6.45) is 11.5. The van der Waals surface area contributed by atoms with E-state index in [-0.39, 0.29) is 5.78 Å². The molecule has 24 heavy (non-hydrogen) atoms. The number of allylic oxidation sites excluding steroid dienone is 2. The van der Waals surface area contributed by atoms with Gasteiger partial charge in [0.1, 0.15) is 0 Å². The van der Waals surface area contributed by atoms with Crippen molar-refractivity contribution in [1.82, 2.24) is 9.55 Å². The predicted molar refractivity (Wildman–Crippen MR) is 101 cm³/mol. The van der Waals surface area contributed by atoms with E-state index >= 15 is 0 Å². The number of unbranched alkanes of at least 4 members (excludes halogenated alkanes) is 1. The number of carbonyl (C=O) groups excluding carboxylic acids is 1. The fourth-order valence-electron chi connectivity index (χ4n) is 2.59. The van der Waals surface area contributed by atoms with E-state index < -0.39 is 0 Å². The summed E-state index contributed by atoms with van der Waals surface area (Å²) >= 11 is 12.2. The maximum absolute atomic E-state index is 13.1. The zero-order chi connectivity index (χ0) is 17.5. The molecule has 0 radical (unpaired) electrons. The standard InChI is InChI=1S/C19H22Cl2N2O/c1-3-5-6-14(4-2)11-18(23-10-9-22-13-23)19(24)16-8-7-15(20)12-17(16)21/h7-14H,3-6H2,1-2H3/b18-11-. The van der Waals surface area contributed by atoms with Gasteiger partial charge in [0.2, 0.25) is 5.78 Å². The van der Waals surface area contributed by atoms with Gasteiger partial charge >= 0.3 is 0 Å². The summed E-state index contributed by atoms with van der Waals surface area (Å²) in [7, 11) is 0. The largest absolute Gasteiger partial charge is 0.303 e. The number of aromatic nitrogens is 2. The molecule has 0 amide bonds. The molecule has 2 rings (SSSR count). The van der Waals surface area contributed by atoms with E-state index in [9.17, 15) is 4.79 Å². The number of hydrogen-bond donors (Lipinski definition) is 0. The lowest BCUT2D eigenvalue weighted by atomic mass is 9.96. The summed E-state index contributed by atoms with van der Waals surface area (Å²) < 4.78 is 1.75. The van der Waals surface area contributed by atoms with Crippen LogP contribution in [0.25, 0.3) is 5.70 Å². The molecule has 0 saturated carbocycles. The number of rotatable bonds is 8. The fraction of sp³-hybridized carbons (Fsp3) is 0.368. The van der Waals surface area contributed by atoms with Gasteiger partial charge in [0.05, 0.1) is 17.0 Å². The number of hydrogen-bond acceptors (Lipinski definition) is 2. The molecular formula is C19H22Cl2N2O. The summed E-state index contributed by atoms with van der Waals surface area (Å²) in [6.45, 7) is 4.31. The molecule has 0 N–H and O–H groups in total. The molecule has 0 bridgehead atoms. The number of Topliss-reactive ketones (excluding diaryl/α,β-unsaturated/α-hetero) is 1. The quantitative estimate of drug-likeness (QED) is 0.417. The van der Waals surface area contributed by atoms with Crippen molar-refractivity contribution >= 4 is 34.7 Å². The second-order valence-electron chi connectivity index (χ2n) is 5.79. The number of halogens is 2. The molecule has 0 fully saturated rings. The average molecular weight is 365 g/mol. The highest BCUT2D eigenvalue weighted by Crippen LogP contribution is 2.26. The molecule has 0 aliphatic heterocycles. The molecule has 1 aromatic carbocycles. The van der Waals surface area contributed by atoms with Crippen LogP contribution >= 0.6 is 23.2 Å². The Morgan fingerprint density at radius 2 is 2.12 bits per heavy atom. The van der Waals surface area contributed by atoms with Crippen LogP contribution in [0.1, 0.15) is 49.9 Å². The lowest BCUT2D eigenvalue weighted by Gasteiger charge is -2.14. The first-order valence-corrected chi connectivity index (χ1v) is 9.02. The van der Waals surface area contributed by atoms with E-state index in [4.69, 9.17) is 23.2 Å². The monoisotopic (exact) mass is 364 g/mol. The Kier molecular flexibility index (Phi) is 7.07. The van der Waals surface area contributed by atoms with Crippen molar-refractivity contribution in [3.63, 3.8) is 0 Å². The van der Waals surface area contributed by atoms with Crippen LogP contribution in [0.4, 0.5) is 0 Å². The molecule has 0 spiro atoms. The van der Waals surface area contributed by atoms with Crippen LogP contribution in [0, 0.1) is 5.92 Å². The highest BCUT2D eigenvalue weighted by molar-refractivity contribution is 6.39. The van der Waals surface area contributed by atoms with Gasteiger partial charge < -0.3 is 4.57 Å². The number of nitrogens with zero attached hydrogens (tertiary/aromatic N) is 2. The Morgan fingerprint density at radius 1 is 1.33 bits per heavy atom. The maximum atomic E-state index is 13.1. The van der Waals surface area contributed by atoms with Crippen molar-refractivity contribution in [3.8, 4) is 0 Å². The van der Waals surface area contributed by atoms with Gasteiger partial charge in [-0.3, -0.25) is 4.79 Å². The summed E-state index contributed by atoms with van der Waals surface area (Å²) in [5.74, 6) is 0.224. The number of carbonyl (C=O) groups is 1. The molecule has 1 aromatic heterocycles. The van der Waals surface area contributed by atoms with Crippen molar-refractivity contribution in [1.29, 1.82) is 0 Å². The first kappa shape index (κ1) is 18.8. The van der Waals surface area contributed by atoms with Crippen molar-refractivity contribution in [2.24, 2.45) is 5.92 Å². The summed E-state index contributed by atoms with van der Waals surface area (Å²) in [4.78, 5) is 17.1. The van der Waals surface area contributed by atoms with Crippen LogP contribution in [0.2, 0.25) is 10.0 Å². The van der Waals surface area contributed by atoms with Crippen molar-refractivity contribution in [2.75, 3.05) is 0 Å². The zero-order valence-corrected chi connectivity index (χ0v) is 15.5. The average Bonchev–Trinajstić information content (AvgIpc) is 3.09. The maximum Gasteiger partial charge on any atom is 0.210 e. The van der Waals surface area contributed by atoms with Crippen LogP contribution < -0.4 is 0 Å². The normalized spacial score (nSPS) is 13.1. The van der Waals surface area contributed by atoms with Gasteiger partial charge in [-0.25, -0.2) is 4.98 Å². The summed E-state index contributed by atoms with van der Waals surface area (Å²) in [5.41, 5.74) is 1.03. The Hall–Kier alpha value is -1.58. The van der Waals surface area contributed by atoms with E-state index in [1.807, 2.05) is 6.08 Å². The van der Waals surface area contributed by atoms with Crippen molar-refractivity contribution < 1.29 is 4.79 Å². The highest BCUT2D eigenvalue weighted by Gasteiger charge is 2.19. The summed E-state index contributed by atoms with van der Waals surface area (Å²) in [6, 6.07) is 4.95. The van der Waals surface area contributed by atoms with Crippen LogP contribution in [0.5, 0.6) is 0 Å². The number of benzene rings is 1. The van der Waals surface area contributed by atoms with Crippen molar-refractivity contribution in [2.45, 2.75) is 39.5 Å². The minimum atomic E-state index is -0.121. The Balaban J connectivity index is 2.41. The van der Waals surface area contributed by atoms with E-state index in [2.05, 4.69) is 18.8 Å². The molecule has 2 aromatic rings. The van der Waals surface area contributed by atoms with Crippen LogP contribution in [0.15, 0.2) is 43.0 Å². The van der Waals surface area contributed by atoms with Crippen LogP contribution in [-0.2, 0) is 0 Å². The topological polar surface area (TPSA) is 34.9 Å². The molecule has 0 aliphatic rings. The van der Waals surface area contributed by atoms with Crippen LogP contribution in [-0.4, -0.2) is 15.3 Å². The third-order valence-electron chi connectivity index (χ3n) is 4.04. The van der Waals surface area contributed by atoms with E-state index in [0.717, 1.165) is 25.7 Å². The van der Waals surface area contributed by atoms with Gasteiger partial charge in [-0.05, 0) is 37.0 Å². The Bertz CT molecular complexity index is 708. The fourth-order valence-corrected chi connectivity index (χ4v) is 3.08. The Labute approximate surface area is 153 Å². The van der Waals surface area contributed by atoms with Gasteiger partial charge in [0, 0.05) is 23.0 Å². The number of imidazole rings is 1. The minimum absolute atomic E-state index is 0.121. The molecule has 0 saturated heterocycles. The third kappa shape index (κ3) is 4.71. The summed E-state index contributed by atoms with van der Waals surface area (Å²) in [5, 5.41) is 0.874. The smallest absolute Gasteiger partial charge is 0.210 e.